The quantitative estimate of drug-likeness (QED) is 0.327. The summed E-state index contributed by atoms with van der Waals surface area (Å²) in [6.07, 6.45) is 5.43. The molecular weight excluding hydrogens is 237 g/mol. The Morgan fingerprint density at radius 2 is 2.33 bits per heavy atom. The first-order chi connectivity index (χ1) is 7.15. The van der Waals surface area contributed by atoms with Crippen molar-refractivity contribution in [2.45, 2.75) is 36.9 Å². The van der Waals surface area contributed by atoms with Crippen molar-refractivity contribution in [1.29, 1.82) is 0 Å². The third kappa shape index (κ3) is 3.84. The zero-order valence-corrected chi connectivity index (χ0v) is 9.96. The lowest BCUT2D eigenvalue weighted by Crippen LogP contribution is -2.30. The van der Waals surface area contributed by atoms with Gasteiger partial charge in [0, 0.05) is 6.08 Å². The fourth-order valence-corrected chi connectivity index (χ4v) is 1.91. The van der Waals surface area contributed by atoms with Crippen molar-refractivity contribution in [2.75, 3.05) is 0 Å². The molecule has 1 rings (SSSR count). The van der Waals surface area contributed by atoms with Crippen molar-refractivity contribution in [1.82, 2.24) is 0 Å². The van der Waals surface area contributed by atoms with E-state index in [0.29, 0.717) is 5.71 Å². The Morgan fingerprint density at radius 3 is 3.00 bits per heavy atom. The number of alkyl halides is 2. The van der Waals surface area contributed by atoms with Crippen LogP contribution in [0, 0.1) is 0 Å². The first kappa shape index (κ1) is 12.5. The van der Waals surface area contributed by atoms with E-state index in [1.165, 1.54) is 6.08 Å². The lowest BCUT2D eigenvalue weighted by Gasteiger charge is -2.22. The summed E-state index contributed by atoms with van der Waals surface area (Å²) < 4.78 is 0. The van der Waals surface area contributed by atoms with E-state index in [2.05, 4.69) is 9.99 Å². The molecule has 1 aliphatic rings. The summed E-state index contributed by atoms with van der Waals surface area (Å²) in [5.74, 6) is -0.495. The molecule has 0 amide bonds. The lowest BCUT2D eigenvalue weighted by molar-refractivity contribution is -0.137. The van der Waals surface area contributed by atoms with Gasteiger partial charge in [-0.15, -0.1) is 23.2 Å². The molecule has 0 radical (unpaired) electrons. The molecule has 1 aliphatic carbocycles. The van der Waals surface area contributed by atoms with Gasteiger partial charge in [0.15, 0.2) is 0 Å². The predicted molar refractivity (Wildman–Crippen MR) is 61.5 cm³/mol. The van der Waals surface area contributed by atoms with Gasteiger partial charge in [-0.2, -0.15) is 0 Å². The largest absolute Gasteiger partial charge is 0.358 e. The molecule has 3 nitrogen and oxygen atoms in total. The number of halogens is 2. The minimum atomic E-state index is -0.495. The van der Waals surface area contributed by atoms with E-state index in [1.807, 2.05) is 0 Å². The monoisotopic (exact) mass is 249 g/mol. The normalized spacial score (nSPS) is 29.7. The SMILES string of the molecule is C/C=C/C(=O)ON=C1CCCC(Cl)C1Cl. The molecular formula is C10H13Cl2NO2. The third-order valence-corrected chi connectivity index (χ3v) is 3.26. The van der Waals surface area contributed by atoms with E-state index < -0.39 is 5.97 Å². The Kier molecular flexibility index (Phi) is 5.12. The highest BCUT2D eigenvalue weighted by molar-refractivity contribution is 6.38. The van der Waals surface area contributed by atoms with Crippen molar-refractivity contribution in [3.8, 4) is 0 Å². The summed E-state index contributed by atoms with van der Waals surface area (Å²) in [6, 6.07) is 0. The molecule has 84 valence electrons. The number of rotatable bonds is 2. The molecule has 0 aromatic carbocycles. The van der Waals surface area contributed by atoms with Gasteiger partial charge in [-0.3, -0.25) is 0 Å². The first-order valence-corrected chi connectivity index (χ1v) is 5.71. The number of carbonyl (C=O) groups excluding carboxylic acids is 1. The highest BCUT2D eigenvalue weighted by Gasteiger charge is 2.27. The summed E-state index contributed by atoms with van der Waals surface area (Å²) >= 11 is 12.0. The average molecular weight is 250 g/mol. The zero-order chi connectivity index (χ0) is 11.3. The molecule has 0 aliphatic heterocycles. The second-order valence-electron chi connectivity index (χ2n) is 3.30. The maximum Gasteiger partial charge on any atom is 0.358 e. The second-order valence-corrected chi connectivity index (χ2v) is 4.33. The van der Waals surface area contributed by atoms with Crippen LogP contribution in [0.2, 0.25) is 0 Å². The van der Waals surface area contributed by atoms with Crippen LogP contribution in [0.4, 0.5) is 0 Å². The minimum Gasteiger partial charge on any atom is -0.314 e. The second kappa shape index (κ2) is 6.13. The van der Waals surface area contributed by atoms with Gasteiger partial charge in [0.05, 0.1) is 16.5 Å². The van der Waals surface area contributed by atoms with Crippen molar-refractivity contribution in [3.05, 3.63) is 12.2 Å². The van der Waals surface area contributed by atoms with E-state index in [0.717, 1.165) is 19.3 Å². The molecule has 2 atom stereocenters. The molecule has 1 fully saturated rings. The van der Waals surface area contributed by atoms with Crippen LogP contribution < -0.4 is 0 Å². The highest BCUT2D eigenvalue weighted by atomic mass is 35.5. The standard InChI is InChI=1S/C10H13Cl2NO2/c1-2-4-9(14)15-13-8-6-3-5-7(11)10(8)12/h2,4,7,10H,3,5-6H2,1H3/b4-2+,13-8?. The predicted octanol–water partition coefficient (Wildman–Crippen LogP) is 2.86. The van der Waals surface area contributed by atoms with Crippen molar-refractivity contribution >= 4 is 34.9 Å². The molecule has 2 unspecified atom stereocenters. The summed E-state index contributed by atoms with van der Waals surface area (Å²) in [7, 11) is 0. The van der Waals surface area contributed by atoms with Crippen LogP contribution in [0.15, 0.2) is 17.3 Å². The van der Waals surface area contributed by atoms with Gasteiger partial charge >= 0.3 is 5.97 Å². The Morgan fingerprint density at radius 1 is 1.60 bits per heavy atom. The number of hydrogen-bond donors (Lipinski definition) is 0. The van der Waals surface area contributed by atoms with Gasteiger partial charge in [0.1, 0.15) is 0 Å². The lowest BCUT2D eigenvalue weighted by atomic mass is 9.98. The maximum absolute atomic E-state index is 11.0. The van der Waals surface area contributed by atoms with Gasteiger partial charge in [-0.25, -0.2) is 4.79 Å². The van der Waals surface area contributed by atoms with Gasteiger partial charge in [-0.05, 0) is 26.2 Å². The van der Waals surface area contributed by atoms with E-state index in [4.69, 9.17) is 23.2 Å². The molecule has 0 bridgehead atoms. The number of oxime groups is 1. The Labute approximate surface area is 99.1 Å². The molecule has 5 heteroatoms. The van der Waals surface area contributed by atoms with Crippen LogP contribution in [0.1, 0.15) is 26.2 Å². The van der Waals surface area contributed by atoms with Gasteiger partial charge in [0.2, 0.25) is 0 Å². The van der Waals surface area contributed by atoms with Crippen LogP contribution in [0.3, 0.4) is 0 Å². The molecule has 0 spiro atoms. The Balaban J connectivity index is 2.54. The molecule has 0 heterocycles. The van der Waals surface area contributed by atoms with E-state index in [9.17, 15) is 4.79 Å². The maximum atomic E-state index is 11.0. The van der Waals surface area contributed by atoms with E-state index >= 15 is 0 Å². The fraction of sp³-hybridized carbons (Fsp3) is 0.600. The van der Waals surface area contributed by atoms with Gasteiger partial charge in [-0.1, -0.05) is 11.2 Å². The fourth-order valence-electron chi connectivity index (χ4n) is 1.34. The zero-order valence-electron chi connectivity index (χ0n) is 8.45. The number of nitrogens with zero attached hydrogens (tertiary/aromatic N) is 1. The number of hydrogen-bond acceptors (Lipinski definition) is 3. The van der Waals surface area contributed by atoms with Gasteiger partial charge in [0.25, 0.3) is 0 Å². The molecule has 1 saturated carbocycles. The highest BCUT2D eigenvalue weighted by Crippen LogP contribution is 2.25. The Hall–Kier alpha value is -0.540. The number of allylic oxidation sites excluding steroid dienone is 1. The van der Waals surface area contributed by atoms with Crippen LogP contribution >= 0.6 is 23.2 Å². The van der Waals surface area contributed by atoms with Crippen LogP contribution in [-0.4, -0.2) is 22.4 Å². The van der Waals surface area contributed by atoms with Crippen molar-refractivity contribution in [2.24, 2.45) is 5.16 Å². The Bertz CT molecular complexity index is 289. The summed E-state index contributed by atoms with van der Waals surface area (Å²) in [4.78, 5) is 15.6. The topological polar surface area (TPSA) is 38.7 Å². The van der Waals surface area contributed by atoms with E-state index in [-0.39, 0.29) is 10.8 Å². The molecule has 0 aromatic heterocycles. The summed E-state index contributed by atoms with van der Waals surface area (Å²) in [5, 5.41) is 3.27. The van der Waals surface area contributed by atoms with Crippen molar-refractivity contribution < 1.29 is 9.63 Å². The van der Waals surface area contributed by atoms with E-state index in [1.54, 1.807) is 13.0 Å². The molecule has 0 aromatic rings. The minimum absolute atomic E-state index is 0.125. The van der Waals surface area contributed by atoms with Crippen LogP contribution in [-0.2, 0) is 9.63 Å². The first-order valence-electron chi connectivity index (χ1n) is 4.83. The van der Waals surface area contributed by atoms with Crippen molar-refractivity contribution in [3.63, 3.8) is 0 Å². The third-order valence-electron chi connectivity index (χ3n) is 2.10. The van der Waals surface area contributed by atoms with Crippen LogP contribution in [0.25, 0.3) is 0 Å². The summed E-state index contributed by atoms with van der Waals surface area (Å²) in [6.45, 7) is 1.73. The van der Waals surface area contributed by atoms with Gasteiger partial charge < -0.3 is 4.84 Å². The molecule has 15 heavy (non-hydrogen) atoms. The average Bonchev–Trinajstić information content (AvgIpc) is 2.21. The summed E-state index contributed by atoms with van der Waals surface area (Å²) in [5.41, 5.74) is 0.653. The number of carbonyl (C=O) groups is 1. The molecule has 0 N–H and O–H groups in total. The smallest absolute Gasteiger partial charge is 0.314 e. The van der Waals surface area contributed by atoms with Crippen LogP contribution in [0.5, 0.6) is 0 Å². The molecule has 0 saturated heterocycles.